The first kappa shape index (κ1) is 34.8. The zero-order valence-electron chi connectivity index (χ0n) is 26.1. The summed E-state index contributed by atoms with van der Waals surface area (Å²) in [4.78, 5) is 28.5. The lowest BCUT2D eigenvalue weighted by atomic mass is 9.64. The van der Waals surface area contributed by atoms with Crippen LogP contribution in [0.1, 0.15) is 88.0 Å². The highest BCUT2D eigenvalue weighted by Gasteiger charge is 2.46. The molecule has 11 heteroatoms. The molecule has 1 saturated carbocycles. The van der Waals surface area contributed by atoms with Crippen LogP contribution < -0.4 is 5.32 Å². The van der Waals surface area contributed by atoms with Crippen LogP contribution >= 0.6 is 0 Å². The predicted octanol–water partition coefficient (Wildman–Crippen LogP) is 7.94. The number of rotatable bonds is 8. The Morgan fingerprint density at radius 1 is 1.00 bits per heavy atom. The Kier molecular flexibility index (Phi) is 10.6. The summed E-state index contributed by atoms with van der Waals surface area (Å²) in [5, 5.41) is 3.11. The van der Waals surface area contributed by atoms with Crippen molar-refractivity contribution < 1.29 is 40.7 Å². The van der Waals surface area contributed by atoms with Gasteiger partial charge in [0.15, 0.2) is 0 Å². The summed E-state index contributed by atoms with van der Waals surface area (Å²) in [5.74, 6) is -2.10. The Hall–Kier alpha value is -3.08. The molecule has 1 saturated heterocycles. The fourth-order valence-electron chi connectivity index (χ4n) is 7.13. The third kappa shape index (κ3) is 7.84. The summed E-state index contributed by atoms with van der Waals surface area (Å²) < 4.78 is 86.5. The van der Waals surface area contributed by atoms with Gasteiger partial charge in [0.05, 0.1) is 35.1 Å². The van der Waals surface area contributed by atoms with Crippen LogP contribution in [-0.4, -0.2) is 42.5 Å². The number of esters is 1. The van der Waals surface area contributed by atoms with Crippen molar-refractivity contribution in [2.45, 2.75) is 89.7 Å². The highest BCUT2D eigenvalue weighted by molar-refractivity contribution is 5.84. The van der Waals surface area contributed by atoms with Crippen molar-refractivity contribution in [3.63, 3.8) is 0 Å². The van der Waals surface area contributed by atoms with Crippen LogP contribution in [0.15, 0.2) is 48.5 Å². The summed E-state index contributed by atoms with van der Waals surface area (Å²) in [6.07, 6.45) is -6.33. The molecule has 2 aliphatic rings. The van der Waals surface area contributed by atoms with Crippen LogP contribution in [0, 0.1) is 17.8 Å². The quantitative estimate of drug-likeness (QED) is 0.235. The Morgan fingerprint density at radius 2 is 1.62 bits per heavy atom. The van der Waals surface area contributed by atoms with Crippen molar-refractivity contribution in [3.8, 4) is 0 Å². The van der Waals surface area contributed by atoms with E-state index >= 15 is 0 Å². The van der Waals surface area contributed by atoms with Gasteiger partial charge in [0, 0.05) is 12.6 Å². The molecule has 0 bridgehead atoms. The molecule has 6 atom stereocenters. The number of hydrogen-bond acceptors (Lipinski definition) is 4. The number of benzene rings is 2. The normalized spacial score (nSPS) is 26.1. The molecular weight excluding hydrogens is 598 g/mol. The molecule has 0 spiro atoms. The number of carbonyl (C=O) groups is 2. The molecule has 5 nitrogen and oxygen atoms in total. The van der Waals surface area contributed by atoms with Gasteiger partial charge in [-0.2, -0.15) is 26.3 Å². The first-order valence-corrected chi connectivity index (χ1v) is 15.6. The summed E-state index contributed by atoms with van der Waals surface area (Å²) in [6, 6.07) is 10.8. The number of hydrogen-bond donors (Lipinski definition) is 1. The highest BCUT2D eigenvalue weighted by atomic mass is 19.4. The Labute approximate surface area is 260 Å². The van der Waals surface area contributed by atoms with Crippen molar-refractivity contribution in [1.82, 2.24) is 10.2 Å². The van der Waals surface area contributed by atoms with E-state index in [2.05, 4.69) is 17.1 Å². The molecule has 1 amide bonds. The lowest BCUT2D eigenvalue weighted by Gasteiger charge is -2.50. The zero-order chi connectivity index (χ0) is 33.2. The van der Waals surface area contributed by atoms with E-state index in [1.54, 1.807) is 6.92 Å². The van der Waals surface area contributed by atoms with Gasteiger partial charge in [-0.1, -0.05) is 37.3 Å². The maximum absolute atomic E-state index is 13.7. The minimum Gasteiger partial charge on any atom is -0.466 e. The second-order valence-electron chi connectivity index (χ2n) is 12.6. The van der Waals surface area contributed by atoms with Crippen LogP contribution in [0.3, 0.4) is 0 Å². The van der Waals surface area contributed by atoms with Gasteiger partial charge in [0.2, 0.25) is 5.91 Å². The molecule has 1 aliphatic heterocycles. The van der Waals surface area contributed by atoms with E-state index in [1.165, 1.54) is 6.92 Å². The smallest absolute Gasteiger partial charge is 0.416 e. The number of carbonyl (C=O) groups excluding carboxylic acids is 2. The topological polar surface area (TPSA) is 58.6 Å². The zero-order valence-corrected chi connectivity index (χ0v) is 26.1. The molecule has 45 heavy (non-hydrogen) atoms. The SMILES string of the molecule is CCOC(=O)[C@@H]1CCCN(C(C)[C@@H]2CCC(NC(=O)[C@@H](C)c3cc(C(F)(F)F)cc(C(F)(F)F)c3)(c3ccccc3)[C@@H](C)C2)C1. The number of ether oxygens (including phenoxy) is 1. The summed E-state index contributed by atoms with van der Waals surface area (Å²) >= 11 is 0. The van der Waals surface area contributed by atoms with Gasteiger partial charge < -0.3 is 10.1 Å². The van der Waals surface area contributed by atoms with Crippen molar-refractivity contribution in [3.05, 3.63) is 70.8 Å². The van der Waals surface area contributed by atoms with Crippen LogP contribution in [-0.2, 0) is 32.2 Å². The molecule has 2 aromatic carbocycles. The molecule has 0 radical (unpaired) electrons. The Balaban J connectivity index is 1.57. The number of amides is 1. The van der Waals surface area contributed by atoms with Gasteiger partial charge >= 0.3 is 18.3 Å². The second-order valence-corrected chi connectivity index (χ2v) is 12.6. The number of nitrogens with zero attached hydrogens (tertiary/aromatic N) is 1. The molecule has 248 valence electrons. The standard InChI is InChI=1S/C34H42F6N2O3/c1-5-45-31(44)25-10-9-15-42(20-25)23(4)24-13-14-32(21(2)16-24,27-11-7-6-8-12-27)41-30(43)22(3)26-17-28(33(35,36)37)19-29(18-26)34(38,39)40/h6-8,11-12,17-19,21-25H,5,9-10,13-16,20H2,1-4H3,(H,41,43)/t21-,22-,23?,24+,25+,32?/m0/s1. The third-order valence-corrected chi connectivity index (χ3v) is 9.88. The number of nitrogens with one attached hydrogen (secondary N) is 1. The molecule has 1 heterocycles. The fraction of sp³-hybridized carbons (Fsp3) is 0.588. The van der Waals surface area contributed by atoms with Crippen LogP contribution in [0.25, 0.3) is 0 Å². The van der Waals surface area contributed by atoms with Crippen molar-refractivity contribution >= 4 is 11.9 Å². The number of alkyl halides is 6. The maximum Gasteiger partial charge on any atom is 0.416 e. The lowest BCUT2D eigenvalue weighted by Crippen LogP contribution is -2.56. The number of halogens is 6. The van der Waals surface area contributed by atoms with E-state index in [-0.39, 0.29) is 41.4 Å². The average Bonchev–Trinajstić information content (AvgIpc) is 3.00. The van der Waals surface area contributed by atoms with Crippen LogP contribution in [0.4, 0.5) is 26.3 Å². The third-order valence-electron chi connectivity index (χ3n) is 9.88. The molecule has 2 fully saturated rings. The van der Waals surface area contributed by atoms with Crippen molar-refractivity contribution in [1.29, 1.82) is 0 Å². The summed E-state index contributed by atoms with van der Waals surface area (Å²) in [6.45, 7) is 9.15. The Morgan fingerprint density at radius 3 is 2.18 bits per heavy atom. The van der Waals surface area contributed by atoms with E-state index in [0.717, 1.165) is 37.8 Å². The van der Waals surface area contributed by atoms with Crippen LogP contribution in [0.2, 0.25) is 0 Å². The summed E-state index contributed by atoms with van der Waals surface area (Å²) in [5.41, 5.74) is -3.28. The summed E-state index contributed by atoms with van der Waals surface area (Å²) in [7, 11) is 0. The van der Waals surface area contributed by atoms with Crippen LogP contribution in [0.5, 0.6) is 0 Å². The first-order chi connectivity index (χ1) is 21.1. The minimum absolute atomic E-state index is 0.0708. The van der Waals surface area contributed by atoms with Crippen molar-refractivity contribution in [2.75, 3.05) is 19.7 Å². The maximum atomic E-state index is 13.7. The van der Waals surface area contributed by atoms with Gasteiger partial charge in [-0.15, -0.1) is 0 Å². The Bertz CT molecular complexity index is 1300. The van der Waals surface area contributed by atoms with E-state index in [1.807, 2.05) is 37.3 Å². The minimum atomic E-state index is -5.01. The number of likely N-dealkylation sites (tertiary alicyclic amines) is 1. The second kappa shape index (κ2) is 13.7. The fourth-order valence-corrected chi connectivity index (χ4v) is 7.13. The first-order valence-electron chi connectivity index (χ1n) is 15.6. The van der Waals surface area contributed by atoms with E-state index < -0.39 is 40.8 Å². The van der Waals surface area contributed by atoms with Gasteiger partial charge in [-0.05, 0) is 101 Å². The lowest BCUT2D eigenvalue weighted by molar-refractivity contribution is -0.150. The number of piperidine rings is 1. The van der Waals surface area contributed by atoms with Gasteiger partial charge in [0.1, 0.15) is 0 Å². The van der Waals surface area contributed by atoms with E-state index in [4.69, 9.17) is 4.74 Å². The largest absolute Gasteiger partial charge is 0.466 e. The average molecular weight is 641 g/mol. The molecule has 1 aliphatic carbocycles. The molecular formula is C34H42F6N2O3. The molecule has 2 unspecified atom stereocenters. The molecule has 1 N–H and O–H groups in total. The predicted molar refractivity (Wildman–Crippen MR) is 158 cm³/mol. The molecule has 2 aromatic rings. The highest BCUT2D eigenvalue weighted by Crippen LogP contribution is 2.46. The van der Waals surface area contributed by atoms with Gasteiger partial charge in [-0.25, -0.2) is 0 Å². The van der Waals surface area contributed by atoms with E-state index in [0.29, 0.717) is 31.7 Å². The van der Waals surface area contributed by atoms with Gasteiger partial charge in [0.25, 0.3) is 0 Å². The van der Waals surface area contributed by atoms with E-state index in [9.17, 15) is 35.9 Å². The van der Waals surface area contributed by atoms with Crippen molar-refractivity contribution in [2.24, 2.45) is 17.8 Å². The monoisotopic (exact) mass is 640 g/mol. The van der Waals surface area contributed by atoms with Gasteiger partial charge in [-0.3, -0.25) is 14.5 Å². The molecule has 0 aromatic heterocycles. The molecule has 4 rings (SSSR count).